The second-order valence-corrected chi connectivity index (χ2v) is 11.8. The van der Waals surface area contributed by atoms with Crippen LogP contribution in [0.3, 0.4) is 0 Å². The summed E-state index contributed by atoms with van der Waals surface area (Å²) in [6, 6.07) is 21.3. The van der Waals surface area contributed by atoms with Gasteiger partial charge >= 0.3 is 0 Å². The number of nitrogen functional groups attached to an aromatic ring is 2. The monoisotopic (exact) mass is 540 g/mol. The lowest BCUT2D eigenvalue weighted by Gasteiger charge is -2.07. The van der Waals surface area contributed by atoms with Crippen molar-refractivity contribution in [3.63, 3.8) is 0 Å². The number of hydrogen-bond acceptors (Lipinski definition) is 2. The van der Waals surface area contributed by atoms with Crippen LogP contribution in [-0.2, 0) is 13.1 Å². The first-order valence-electron chi connectivity index (χ1n) is 15.9. The number of aromatic nitrogens is 2. The van der Waals surface area contributed by atoms with E-state index in [1.807, 2.05) is 0 Å². The number of nitrogens with zero attached hydrogens (tertiary/aromatic N) is 2. The van der Waals surface area contributed by atoms with Crippen LogP contribution in [0.25, 0.3) is 21.8 Å². The highest BCUT2D eigenvalue weighted by atomic mass is 15.0. The van der Waals surface area contributed by atoms with E-state index in [4.69, 9.17) is 11.5 Å². The molecule has 4 rings (SSSR count). The normalized spacial score (nSPS) is 11.6. The van der Waals surface area contributed by atoms with Crippen molar-refractivity contribution in [2.75, 3.05) is 11.5 Å². The number of nitrogens with two attached hydrogens (primary N) is 2. The first-order chi connectivity index (χ1) is 19.6. The van der Waals surface area contributed by atoms with Gasteiger partial charge in [0.2, 0.25) is 11.0 Å². The number of unbranched alkanes of at least 4 members (excludes halogenated alkanes) is 13. The van der Waals surface area contributed by atoms with Crippen LogP contribution < -0.4 is 20.6 Å². The minimum atomic E-state index is 0.887. The predicted molar refractivity (Wildman–Crippen MR) is 171 cm³/mol. The zero-order valence-corrected chi connectivity index (χ0v) is 25.1. The molecule has 0 atom stereocenters. The fraction of sp³-hybridized carbons (Fsp3) is 0.500. The smallest absolute Gasteiger partial charge is 0.214 e. The molecule has 4 N–H and O–H groups in total. The summed E-state index contributed by atoms with van der Waals surface area (Å²) in [6.07, 6.45) is 19.0. The number of benzene rings is 2. The lowest BCUT2D eigenvalue weighted by Crippen LogP contribution is -2.38. The van der Waals surface area contributed by atoms with Crippen molar-refractivity contribution in [1.29, 1.82) is 0 Å². The van der Waals surface area contributed by atoms with Gasteiger partial charge in [0.05, 0.1) is 22.1 Å². The standard InChI is InChI=1S/C36H50N4/c1-29-27-33(37)31-21-15-17-23-35(31)39(29)25-19-13-11-9-7-5-3-4-6-8-10-12-14-20-26-40-30(2)28-34(38)32-22-16-18-24-36(32)40/h15-18,21-24,27-28,37-38H,3-14,19-20,25-26H2,1-2H3/p+2. The molecule has 0 saturated carbocycles. The van der Waals surface area contributed by atoms with Gasteiger partial charge in [0.15, 0.2) is 11.4 Å². The Morgan fingerprint density at radius 2 is 0.750 bits per heavy atom. The van der Waals surface area contributed by atoms with Crippen LogP contribution in [0.2, 0.25) is 0 Å². The summed E-state index contributed by atoms with van der Waals surface area (Å²) in [4.78, 5) is 0. The molecule has 0 bridgehead atoms. The molecule has 214 valence electrons. The second kappa shape index (κ2) is 15.6. The third-order valence-electron chi connectivity index (χ3n) is 8.61. The van der Waals surface area contributed by atoms with Gasteiger partial charge in [-0.3, -0.25) is 0 Å². The minimum absolute atomic E-state index is 0.887. The van der Waals surface area contributed by atoms with E-state index in [0.29, 0.717) is 0 Å². The van der Waals surface area contributed by atoms with Gasteiger partial charge in [0.25, 0.3) is 0 Å². The summed E-state index contributed by atoms with van der Waals surface area (Å²) in [5.74, 6) is 0. The molecule has 0 aliphatic heterocycles. The predicted octanol–water partition coefficient (Wildman–Crippen LogP) is 8.51. The van der Waals surface area contributed by atoms with E-state index in [0.717, 1.165) is 24.5 Å². The van der Waals surface area contributed by atoms with E-state index in [-0.39, 0.29) is 0 Å². The van der Waals surface area contributed by atoms with Gasteiger partial charge in [0, 0.05) is 51.0 Å². The number of pyridine rings is 2. The molecule has 40 heavy (non-hydrogen) atoms. The average molecular weight is 541 g/mol. The molecule has 2 heterocycles. The molecule has 0 saturated heterocycles. The highest BCUT2D eigenvalue weighted by Gasteiger charge is 2.15. The van der Waals surface area contributed by atoms with Crippen molar-refractivity contribution >= 4 is 33.2 Å². The Morgan fingerprint density at radius 1 is 0.450 bits per heavy atom. The Labute approximate surface area is 242 Å². The minimum Gasteiger partial charge on any atom is -0.398 e. The SMILES string of the molecule is Cc1cc(N)c2ccccc2[n+]1CCCCCCCCCCCCCCCC[n+]1c(C)cc(N)c2ccccc21. The molecule has 4 aromatic rings. The summed E-state index contributed by atoms with van der Waals surface area (Å²) < 4.78 is 4.88. The zero-order chi connectivity index (χ0) is 28.2. The summed E-state index contributed by atoms with van der Waals surface area (Å²) >= 11 is 0. The molecule has 0 radical (unpaired) electrons. The molecule has 4 nitrogen and oxygen atoms in total. The molecule has 0 spiro atoms. The maximum absolute atomic E-state index is 6.23. The van der Waals surface area contributed by atoms with Gasteiger partial charge in [-0.1, -0.05) is 88.5 Å². The maximum Gasteiger partial charge on any atom is 0.214 e. The van der Waals surface area contributed by atoms with Gasteiger partial charge in [-0.2, -0.15) is 9.13 Å². The van der Waals surface area contributed by atoms with Gasteiger partial charge in [-0.15, -0.1) is 0 Å². The zero-order valence-electron chi connectivity index (χ0n) is 25.1. The highest BCUT2D eigenvalue weighted by molar-refractivity contribution is 5.88. The summed E-state index contributed by atoms with van der Waals surface area (Å²) in [5.41, 5.74) is 19.3. The van der Waals surface area contributed by atoms with Gasteiger partial charge in [-0.05, 0) is 25.0 Å². The number of aryl methyl sites for hydroxylation is 4. The van der Waals surface area contributed by atoms with E-state index in [1.165, 1.54) is 123 Å². The van der Waals surface area contributed by atoms with Crippen LogP contribution in [0.15, 0.2) is 60.7 Å². The third kappa shape index (κ3) is 8.19. The van der Waals surface area contributed by atoms with Crippen LogP contribution in [0.4, 0.5) is 11.4 Å². The lowest BCUT2D eigenvalue weighted by atomic mass is 10.0. The van der Waals surface area contributed by atoms with Crippen molar-refractivity contribution in [1.82, 2.24) is 0 Å². The first-order valence-corrected chi connectivity index (χ1v) is 15.9. The fourth-order valence-corrected chi connectivity index (χ4v) is 6.30. The van der Waals surface area contributed by atoms with Gasteiger partial charge < -0.3 is 11.5 Å². The third-order valence-corrected chi connectivity index (χ3v) is 8.61. The maximum atomic E-state index is 6.23. The summed E-state index contributed by atoms with van der Waals surface area (Å²) in [5, 5.41) is 2.34. The van der Waals surface area contributed by atoms with Crippen molar-refractivity contribution in [2.24, 2.45) is 0 Å². The first kappa shape index (κ1) is 29.8. The Kier molecular flexibility index (Phi) is 11.6. The van der Waals surface area contributed by atoms with E-state index >= 15 is 0 Å². The van der Waals surface area contributed by atoms with Gasteiger partial charge in [0.1, 0.15) is 13.1 Å². The van der Waals surface area contributed by atoms with Crippen molar-refractivity contribution in [2.45, 2.75) is 117 Å². The van der Waals surface area contributed by atoms with E-state index in [9.17, 15) is 0 Å². The van der Waals surface area contributed by atoms with Crippen molar-refractivity contribution < 1.29 is 9.13 Å². The molecule has 2 aromatic heterocycles. The highest BCUT2D eigenvalue weighted by Crippen LogP contribution is 2.20. The van der Waals surface area contributed by atoms with Crippen LogP contribution in [0, 0.1) is 13.8 Å². The molecule has 0 amide bonds. The number of fused-ring (bicyclic) bond motifs is 2. The van der Waals surface area contributed by atoms with E-state index in [2.05, 4.69) is 83.6 Å². The Balaban J connectivity index is 0.981. The summed E-state index contributed by atoms with van der Waals surface area (Å²) in [7, 11) is 0. The second-order valence-electron chi connectivity index (χ2n) is 11.8. The quantitative estimate of drug-likeness (QED) is 0.104. The molecular weight excluding hydrogens is 488 g/mol. The summed E-state index contributed by atoms with van der Waals surface area (Å²) in [6.45, 7) is 6.52. The Hall–Kier alpha value is -3.14. The topological polar surface area (TPSA) is 59.8 Å². The number of para-hydroxylation sites is 2. The molecule has 0 unspecified atom stereocenters. The lowest BCUT2D eigenvalue weighted by molar-refractivity contribution is -0.678. The van der Waals surface area contributed by atoms with Crippen molar-refractivity contribution in [3.8, 4) is 0 Å². The van der Waals surface area contributed by atoms with Crippen molar-refractivity contribution in [3.05, 3.63) is 72.1 Å². The van der Waals surface area contributed by atoms with Crippen LogP contribution in [-0.4, -0.2) is 0 Å². The van der Waals surface area contributed by atoms with Crippen LogP contribution in [0.5, 0.6) is 0 Å². The molecule has 4 heteroatoms. The molecule has 2 aromatic carbocycles. The van der Waals surface area contributed by atoms with Crippen LogP contribution in [0.1, 0.15) is 101 Å². The fourth-order valence-electron chi connectivity index (χ4n) is 6.30. The van der Waals surface area contributed by atoms with E-state index < -0.39 is 0 Å². The Morgan fingerprint density at radius 3 is 1.10 bits per heavy atom. The molecular formula is C36H52N4+2. The largest absolute Gasteiger partial charge is 0.398 e. The van der Waals surface area contributed by atoms with E-state index in [1.54, 1.807) is 0 Å². The number of anilines is 2. The molecule has 0 aliphatic rings. The number of hydrogen-bond donors (Lipinski definition) is 2. The average Bonchev–Trinajstić information content (AvgIpc) is 2.95. The molecule has 0 fully saturated rings. The number of rotatable bonds is 17. The Bertz CT molecular complexity index is 1260. The van der Waals surface area contributed by atoms with Crippen LogP contribution >= 0.6 is 0 Å². The van der Waals surface area contributed by atoms with Gasteiger partial charge in [-0.25, -0.2) is 0 Å². The molecule has 0 aliphatic carbocycles.